The van der Waals surface area contributed by atoms with E-state index in [2.05, 4.69) is 72.6 Å². The number of rotatable bonds is 6. The van der Waals surface area contributed by atoms with Gasteiger partial charge in [-0.25, -0.2) is 9.37 Å². The number of anilines is 1. The van der Waals surface area contributed by atoms with Gasteiger partial charge < -0.3 is 5.32 Å². The van der Waals surface area contributed by atoms with Crippen LogP contribution in [-0.2, 0) is 11.3 Å². The Bertz CT molecular complexity index is 1330. The van der Waals surface area contributed by atoms with Gasteiger partial charge in [0.1, 0.15) is 5.82 Å². The maximum Gasteiger partial charge on any atom is 0.229 e. The van der Waals surface area contributed by atoms with Crippen molar-refractivity contribution in [1.29, 1.82) is 0 Å². The Labute approximate surface area is 226 Å². The highest BCUT2D eigenvalue weighted by molar-refractivity contribution is 7.19. The molecule has 5 rings (SSSR count). The number of carbonyl (C=O) groups excluding carboxylic acids is 1. The zero-order valence-corrected chi connectivity index (χ0v) is 22.5. The lowest BCUT2D eigenvalue weighted by Gasteiger charge is -2.31. The lowest BCUT2D eigenvalue weighted by Crippen LogP contribution is -2.37. The van der Waals surface area contributed by atoms with Crippen molar-refractivity contribution in [3.05, 3.63) is 94.3 Å². The Morgan fingerprint density at radius 2 is 1.62 bits per heavy atom. The van der Waals surface area contributed by atoms with E-state index >= 15 is 0 Å². The molecular formula is C30H29ClFN3OS. The standard InChI is InChI=1S/C30H29ClFN3OS/c1-19-3-7-21(8-4-19)27-28(22-9-5-20(2)6-10-22)37-30(33-27)34-29(36)23-13-15-35(16-14-23)18-24-11-12-25(32)17-26(24)31/h3-12,17,23H,13-16,18H2,1-2H3,(H,33,34,36). The Balaban J connectivity index is 1.28. The molecule has 4 aromatic rings. The molecule has 2 heterocycles. The molecule has 0 saturated carbocycles. The highest BCUT2D eigenvalue weighted by Gasteiger charge is 2.27. The number of carbonyl (C=O) groups is 1. The quantitative estimate of drug-likeness (QED) is 0.276. The number of thiazole rings is 1. The van der Waals surface area contributed by atoms with E-state index in [0.717, 1.165) is 53.2 Å². The zero-order chi connectivity index (χ0) is 25.9. The Morgan fingerprint density at radius 3 is 2.24 bits per heavy atom. The summed E-state index contributed by atoms with van der Waals surface area (Å²) in [6, 6.07) is 21.2. The van der Waals surface area contributed by atoms with Gasteiger partial charge >= 0.3 is 0 Å². The van der Waals surface area contributed by atoms with Gasteiger partial charge in [-0.05, 0) is 63.0 Å². The fourth-order valence-electron chi connectivity index (χ4n) is 4.63. The lowest BCUT2D eigenvalue weighted by molar-refractivity contribution is -0.121. The van der Waals surface area contributed by atoms with Crippen LogP contribution in [0.15, 0.2) is 66.7 Å². The molecule has 1 saturated heterocycles. The first-order chi connectivity index (χ1) is 17.9. The van der Waals surface area contributed by atoms with Crippen LogP contribution in [0, 0.1) is 25.6 Å². The van der Waals surface area contributed by atoms with Crippen LogP contribution in [0.5, 0.6) is 0 Å². The zero-order valence-electron chi connectivity index (χ0n) is 20.9. The van der Waals surface area contributed by atoms with Gasteiger partial charge in [0.25, 0.3) is 0 Å². The summed E-state index contributed by atoms with van der Waals surface area (Å²) in [5, 5.41) is 4.17. The summed E-state index contributed by atoms with van der Waals surface area (Å²) in [4.78, 5) is 21.4. The molecule has 1 amide bonds. The first kappa shape index (κ1) is 25.6. The Kier molecular flexibility index (Phi) is 7.70. The second kappa shape index (κ2) is 11.1. The molecule has 1 aromatic heterocycles. The minimum Gasteiger partial charge on any atom is -0.302 e. The van der Waals surface area contributed by atoms with E-state index in [4.69, 9.17) is 16.6 Å². The minimum absolute atomic E-state index is 0.0131. The number of aryl methyl sites for hydroxylation is 2. The molecule has 0 atom stereocenters. The van der Waals surface area contributed by atoms with Gasteiger partial charge in [0.15, 0.2) is 5.13 Å². The molecule has 0 unspecified atom stereocenters. The van der Waals surface area contributed by atoms with Crippen LogP contribution in [0.2, 0.25) is 5.02 Å². The Hall–Kier alpha value is -3.06. The second-order valence-corrected chi connectivity index (χ2v) is 11.1. The molecule has 37 heavy (non-hydrogen) atoms. The third-order valence-corrected chi connectivity index (χ3v) is 8.24. The minimum atomic E-state index is -0.331. The highest BCUT2D eigenvalue weighted by Crippen LogP contribution is 2.39. The van der Waals surface area contributed by atoms with Crippen LogP contribution in [0.1, 0.15) is 29.5 Å². The number of benzene rings is 3. The van der Waals surface area contributed by atoms with Crippen LogP contribution >= 0.6 is 22.9 Å². The van der Waals surface area contributed by atoms with Crippen LogP contribution in [0.25, 0.3) is 21.7 Å². The molecule has 0 spiro atoms. The average molecular weight is 534 g/mol. The number of amides is 1. The molecule has 0 radical (unpaired) electrons. The van der Waals surface area contributed by atoms with Crippen LogP contribution in [0.3, 0.4) is 0 Å². The highest BCUT2D eigenvalue weighted by atomic mass is 35.5. The van der Waals surface area contributed by atoms with Gasteiger partial charge in [-0.15, -0.1) is 0 Å². The smallest absolute Gasteiger partial charge is 0.229 e. The fourth-order valence-corrected chi connectivity index (χ4v) is 5.86. The van der Waals surface area contributed by atoms with Gasteiger partial charge in [0.05, 0.1) is 10.6 Å². The molecule has 3 aromatic carbocycles. The lowest BCUT2D eigenvalue weighted by atomic mass is 9.95. The van der Waals surface area contributed by atoms with Gasteiger partial charge in [-0.3, -0.25) is 9.69 Å². The number of aromatic nitrogens is 1. The van der Waals surface area contributed by atoms with Crippen molar-refractivity contribution in [2.75, 3.05) is 18.4 Å². The van der Waals surface area contributed by atoms with E-state index in [1.54, 1.807) is 6.07 Å². The number of nitrogens with zero attached hydrogens (tertiary/aromatic N) is 2. The summed E-state index contributed by atoms with van der Waals surface area (Å²) in [6.07, 6.45) is 1.51. The maximum absolute atomic E-state index is 13.3. The molecular weight excluding hydrogens is 505 g/mol. The van der Waals surface area contributed by atoms with E-state index in [1.807, 2.05) is 0 Å². The van der Waals surface area contributed by atoms with Crippen molar-refractivity contribution in [3.63, 3.8) is 0 Å². The average Bonchev–Trinajstić information content (AvgIpc) is 3.30. The van der Waals surface area contributed by atoms with Crippen molar-refractivity contribution in [1.82, 2.24) is 9.88 Å². The summed E-state index contributed by atoms with van der Waals surface area (Å²) < 4.78 is 13.3. The first-order valence-electron chi connectivity index (χ1n) is 12.5. The number of hydrogen-bond acceptors (Lipinski definition) is 4. The molecule has 7 heteroatoms. The molecule has 190 valence electrons. The SMILES string of the molecule is Cc1ccc(-c2nc(NC(=O)C3CCN(Cc4ccc(F)cc4Cl)CC3)sc2-c2ccc(C)cc2)cc1. The van der Waals surface area contributed by atoms with Crippen molar-refractivity contribution < 1.29 is 9.18 Å². The van der Waals surface area contributed by atoms with E-state index in [1.165, 1.54) is 34.6 Å². The van der Waals surface area contributed by atoms with Crippen LogP contribution in [0.4, 0.5) is 9.52 Å². The number of nitrogens with one attached hydrogen (secondary N) is 1. The summed E-state index contributed by atoms with van der Waals surface area (Å²) in [7, 11) is 0. The number of piperidine rings is 1. The first-order valence-corrected chi connectivity index (χ1v) is 13.7. The number of likely N-dealkylation sites (tertiary alicyclic amines) is 1. The number of hydrogen-bond donors (Lipinski definition) is 1. The van der Waals surface area contributed by atoms with Crippen molar-refractivity contribution in [2.24, 2.45) is 5.92 Å². The normalized spacial score (nSPS) is 14.6. The van der Waals surface area contributed by atoms with E-state index in [9.17, 15) is 9.18 Å². The van der Waals surface area contributed by atoms with Crippen LogP contribution in [-0.4, -0.2) is 28.9 Å². The predicted octanol–water partition coefficient (Wildman–Crippen LogP) is 7.74. The molecule has 1 aliphatic heterocycles. The van der Waals surface area contributed by atoms with Crippen LogP contribution < -0.4 is 5.32 Å². The third-order valence-electron chi connectivity index (χ3n) is 6.86. The predicted molar refractivity (Wildman–Crippen MR) is 151 cm³/mol. The fraction of sp³-hybridized carbons (Fsp3) is 0.267. The third kappa shape index (κ3) is 6.09. The van der Waals surface area contributed by atoms with Gasteiger partial charge in [0.2, 0.25) is 5.91 Å². The van der Waals surface area contributed by atoms with Gasteiger partial charge in [0, 0.05) is 23.0 Å². The van der Waals surface area contributed by atoms with Crippen molar-refractivity contribution in [2.45, 2.75) is 33.2 Å². The van der Waals surface area contributed by atoms with E-state index < -0.39 is 0 Å². The summed E-state index contributed by atoms with van der Waals surface area (Å²) in [5.41, 5.74) is 6.30. The van der Waals surface area contributed by atoms with E-state index in [0.29, 0.717) is 16.7 Å². The number of halogens is 2. The second-order valence-electron chi connectivity index (χ2n) is 9.70. The maximum atomic E-state index is 13.3. The molecule has 1 N–H and O–H groups in total. The summed E-state index contributed by atoms with van der Waals surface area (Å²) >= 11 is 7.72. The van der Waals surface area contributed by atoms with Crippen molar-refractivity contribution >= 4 is 34.0 Å². The molecule has 0 aliphatic carbocycles. The topological polar surface area (TPSA) is 45.2 Å². The van der Waals surface area contributed by atoms with Gasteiger partial charge in [-0.2, -0.15) is 0 Å². The largest absolute Gasteiger partial charge is 0.302 e. The molecule has 1 aliphatic rings. The summed E-state index contributed by atoms with van der Waals surface area (Å²) in [5.74, 6) is -0.393. The Morgan fingerprint density at radius 1 is 1.00 bits per heavy atom. The molecule has 0 bridgehead atoms. The monoisotopic (exact) mass is 533 g/mol. The van der Waals surface area contributed by atoms with E-state index in [-0.39, 0.29) is 17.6 Å². The molecule has 1 fully saturated rings. The molecule has 4 nitrogen and oxygen atoms in total. The van der Waals surface area contributed by atoms with Gasteiger partial charge in [-0.1, -0.05) is 88.7 Å². The van der Waals surface area contributed by atoms with Crippen molar-refractivity contribution in [3.8, 4) is 21.7 Å². The summed E-state index contributed by atoms with van der Waals surface area (Å²) in [6.45, 7) is 6.36.